The number of fused-ring (bicyclic) bond motifs is 1. The highest BCUT2D eigenvalue weighted by molar-refractivity contribution is 5.41. The van der Waals surface area contributed by atoms with Crippen molar-refractivity contribution in [2.24, 2.45) is 0 Å². The van der Waals surface area contributed by atoms with E-state index in [2.05, 4.69) is 53.8 Å². The fraction of sp³-hybridized carbons (Fsp3) is 0.500. The SMILES string of the molecule is Cc1ccc2c(c1)OC(C)(C)CC2NCCCn1ccnc1. The standard InChI is InChI=1S/C18H25N3O/c1-14-5-6-15-16(12-18(2,3)22-17(15)11-14)20-7-4-9-21-10-8-19-13-21/h5-6,8,10-11,13,16,20H,4,7,9,12H2,1-3H3. The Labute approximate surface area is 132 Å². The number of nitrogens with one attached hydrogen (secondary N) is 1. The number of nitrogens with zero attached hydrogens (tertiary/aromatic N) is 2. The molecule has 1 aliphatic heterocycles. The van der Waals surface area contributed by atoms with Crippen molar-refractivity contribution < 1.29 is 4.74 Å². The fourth-order valence-corrected chi connectivity index (χ4v) is 3.10. The van der Waals surface area contributed by atoms with Crippen molar-refractivity contribution in [3.05, 3.63) is 48.0 Å². The number of benzene rings is 1. The van der Waals surface area contributed by atoms with Gasteiger partial charge in [0.15, 0.2) is 0 Å². The average molecular weight is 299 g/mol. The molecule has 1 aromatic heterocycles. The van der Waals surface area contributed by atoms with Crippen molar-refractivity contribution in [2.45, 2.75) is 51.8 Å². The van der Waals surface area contributed by atoms with Gasteiger partial charge in [0.05, 0.1) is 6.33 Å². The van der Waals surface area contributed by atoms with Crippen molar-refractivity contribution in [3.8, 4) is 5.75 Å². The Hall–Kier alpha value is -1.81. The Bertz CT molecular complexity index is 619. The van der Waals surface area contributed by atoms with Crippen LogP contribution in [0.2, 0.25) is 0 Å². The lowest BCUT2D eigenvalue weighted by atomic mass is 9.89. The van der Waals surface area contributed by atoms with Crippen molar-refractivity contribution in [1.29, 1.82) is 0 Å². The van der Waals surface area contributed by atoms with E-state index >= 15 is 0 Å². The molecule has 0 spiro atoms. The molecule has 4 heteroatoms. The van der Waals surface area contributed by atoms with Gasteiger partial charge in [0.1, 0.15) is 11.4 Å². The van der Waals surface area contributed by atoms with Crippen LogP contribution < -0.4 is 10.1 Å². The Morgan fingerprint density at radius 2 is 2.27 bits per heavy atom. The molecule has 0 saturated heterocycles. The van der Waals surface area contributed by atoms with Gasteiger partial charge in [0, 0.05) is 37.0 Å². The Morgan fingerprint density at radius 3 is 3.05 bits per heavy atom. The zero-order valence-corrected chi connectivity index (χ0v) is 13.7. The molecule has 0 aliphatic carbocycles. The molecule has 0 radical (unpaired) electrons. The molecule has 22 heavy (non-hydrogen) atoms. The van der Waals surface area contributed by atoms with Crippen LogP contribution in [0.15, 0.2) is 36.9 Å². The monoisotopic (exact) mass is 299 g/mol. The molecule has 2 aromatic rings. The van der Waals surface area contributed by atoms with Crippen LogP contribution in [0.25, 0.3) is 0 Å². The maximum absolute atomic E-state index is 6.14. The number of rotatable bonds is 5. The van der Waals surface area contributed by atoms with Gasteiger partial charge in [0.25, 0.3) is 0 Å². The van der Waals surface area contributed by atoms with E-state index in [-0.39, 0.29) is 5.60 Å². The highest BCUT2D eigenvalue weighted by Crippen LogP contribution is 2.39. The summed E-state index contributed by atoms with van der Waals surface area (Å²) in [6, 6.07) is 6.88. The van der Waals surface area contributed by atoms with E-state index in [1.165, 1.54) is 11.1 Å². The van der Waals surface area contributed by atoms with Crippen LogP contribution in [0.5, 0.6) is 5.75 Å². The first-order chi connectivity index (χ1) is 10.5. The van der Waals surface area contributed by atoms with Gasteiger partial charge in [-0.25, -0.2) is 4.98 Å². The molecule has 3 rings (SSSR count). The summed E-state index contributed by atoms with van der Waals surface area (Å²) >= 11 is 0. The third-order valence-corrected chi connectivity index (χ3v) is 4.17. The van der Waals surface area contributed by atoms with Gasteiger partial charge in [-0.3, -0.25) is 0 Å². The molecule has 4 nitrogen and oxygen atoms in total. The van der Waals surface area contributed by atoms with E-state index in [0.29, 0.717) is 6.04 Å². The lowest BCUT2D eigenvalue weighted by Gasteiger charge is -2.38. The quantitative estimate of drug-likeness (QED) is 0.859. The molecule has 0 saturated carbocycles. The maximum Gasteiger partial charge on any atom is 0.125 e. The zero-order valence-electron chi connectivity index (χ0n) is 13.7. The van der Waals surface area contributed by atoms with Gasteiger partial charge in [-0.2, -0.15) is 0 Å². The summed E-state index contributed by atoms with van der Waals surface area (Å²) in [7, 11) is 0. The van der Waals surface area contributed by atoms with Gasteiger partial charge in [0.2, 0.25) is 0 Å². The second-order valence-corrected chi connectivity index (χ2v) is 6.77. The number of hydrogen-bond acceptors (Lipinski definition) is 3. The largest absolute Gasteiger partial charge is 0.487 e. The van der Waals surface area contributed by atoms with Gasteiger partial charge < -0.3 is 14.6 Å². The smallest absolute Gasteiger partial charge is 0.125 e. The second kappa shape index (κ2) is 6.13. The minimum atomic E-state index is -0.122. The highest BCUT2D eigenvalue weighted by atomic mass is 16.5. The second-order valence-electron chi connectivity index (χ2n) is 6.77. The molecule has 1 N–H and O–H groups in total. The Kier molecular flexibility index (Phi) is 4.21. The molecule has 0 fully saturated rings. The third-order valence-electron chi connectivity index (χ3n) is 4.17. The normalized spacial score (nSPS) is 19.5. The summed E-state index contributed by atoms with van der Waals surface area (Å²) in [4.78, 5) is 4.07. The van der Waals surface area contributed by atoms with Gasteiger partial charge in [-0.1, -0.05) is 12.1 Å². The van der Waals surface area contributed by atoms with E-state index < -0.39 is 0 Å². The molecule has 2 heterocycles. The van der Waals surface area contributed by atoms with Crippen molar-refractivity contribution >= 4 is 0 Å². The molecule has 1 atom stereocenters. The Balaban J connectivity index is 1.63. The molecule has 0 bridgehead atoms. The Morgan fingerprint density at radius 1 is 1.41 bits per heavy atom. The first-order valence-corrected chi connectivity index (χ1v) is 8.02. The van der Waals surface area contributed by atoms with Crippen molar-refractivity contribution in [3.63, 3.8) is 0 Å². The summed E-state index contributed by atoms with van der Waals surface area (Å²) in [6.07, 6.45) is 7.79. The third kappa shape index (κ3) is 3.50. The fourth-order valence-electron chi connectivity index (χ4n) is 3.10. The number of ether oxygens (including phenoxy) is 1. The summed E-state index contributed by atoms with van der Waals surface area (Å²) in [5, 5.41) is 3.70. The maximum atomic E-state index is 6.14. The average Bonchev–Trinajstić information content (AvgIpc) is 2.95. The lowest BCUT2D eigenvalue weighted by Crippen LogP contribution is -2.39. The van der Waals surface area contributed by atoms with E-state index in [1.54, 1.807) is 0 Å². The number of aromatic nitrogens is 2. The minimum Gasteiger partial charge on any atom is -0.487 e. The summed E-state index contributed by atoms with van der Waals surface area (Å²) < 4.78 is 8.26. The number of hydrogen-bond donors (Lipinski definition) is 1. The highest BCUT2D eigenvalue weighted by Gasteiger charge is 2.33. The van der Waals surface area contributed by atoms with Crippen LogP contribution >= 0.6 is 0 Å². The predicted octanol–water partition coefficient (Wildman–Crippen LogP) is 3.47. The van der Waals surface area contributed by atoms with Crippen LogP contribution in [0.3, 0.4) is 0 Å². The van der Waals surface area contributed by atoms with E-state index in [4.69, 9.17) is 4.74 Å². The summed E-state index contributed by atoms with van der Waals surface area (Å²) in [5.41, 5.74) is 2.41. The first-order valence-electron chi connectivity index (χ1n) is 8.02. The van der Waals surface area contributed by atoms with Crippen molar-refractivity contribution in [2.75, 3.05) is 6.54 Å². The van der Waals surface area contributed by atoms with Crippen molar-refractivity contribution in [1.82, 2.24) is 14.9 Å². The van der Waals surface area contributed by atoms with Crippen LogP contribution in [-0.4, -0.2) is 21.7 Å². The molecule has 1 aromatic carbocycles. The molecule has 1 aliphatic rings. The topological polar surface area (TPSA) is 39.1 Å². The zero-order chi connectivity index (χ0) is 15.6. The van der Waals surface area contributed by atoms with E-state index in [0.717, 1.165) is 31.7 Å². The van der Waals surface area contributed by atoms with Gasteiger partial charge >= 0.3 is 0 Å². The molecule has 0 amide bonds. The van der Waals surface area contributed by atoms with Crippen LogP contribution in [0.1, 0.15) is 43.9 Å². The van der Waals surface area contributed by atoms with Crippen LogP contribution in [-0.2, 0) is 6.54 Å². The summed E-state index contributed by atoms with van der Waals surface area (Å²) in [6.45, 7) is 8.43. The number of aryl methyl sites for hydroxylation is 2. The van der Waals surface area contributed by atoms with E-state index in [9.17, 15) is 0 Å². The molecular formula is C18H25N3O. The van der Waals surface area contributed by atoms with Crippen LogP contribution in [0, 0.1) is 6.92 Å². The summed E-state index contributed by atoms with van der Waals surface area (Å²) in [5.74, 6) is 1.03. The number of imidazole rings is 1. The van der Waals surface area contributed by atoms with Crippen LogP contribution in [0.4, 0.5) is 0 Å². The first kappa shape index (κ1) is 15.1. The minimum absolute atomic E-state index is 0.122. The van der Waals surface area contributed by atoms with E-state index in [1.807, 2.05) is 18.7 Å². The van der Waals surface area contributed by atoms with Gasteiger partial charge in [-0.05, 0) is 45.4 Å². The van der Waals surface area contributed by atoms with Gasteiger partial charge in [-0.15, -0.1) is 0 Å². The molecule has 1 unspecified atom stereocenters. The molecular weight excluding hydrogens is 274 g/mol. The lowest BCUT2D eigenvalue weighted by molar-refractivity contribution is 0.0659. The predicted molar refractivity (Wildman–Crippen MR) is 88.1 cm³/mol. The molecule has 118 valence electrons.